The van der Waals surface area contributed by atoms with E-state index in [1.54, 1.807) is 17.0 Å². The van der Waals surface area contributed by atoms with Crippen molar-refractivity contribution in [3.05, 3.63) is 88.0 Å². The molecule has 1 aliphatic heterocycles. The van der Waals surface area contributed by atoms with Gasteiger partial charge in [-0.1, -0.05) is 54.6 Å². The fraction of sp³-hybridized carbons (Fsp3) is 0.227. The predicted molar refractivity (Wildman–Crippen MR) is 108 cm³/mol. The van der Waals surface area contributed by atoms with Crippen LogP contribution >= 0.6 is 0 Å². The van der Waals surface area contributed by atoms with Gasteiger partial charge in [-0.15, -0.1) is 0 Å². The summed E-state index contributed by atoms with van der Waals surface area (Å²) >= 11 is 0. The summed E-state index contributed by atoms with van der Waals surface area (Å²) in [6, 6.07) is 20.8. The molecule has 0 saturated carbocycles. The molecule has 28 heavy (non-hydrogen) atoms. The molecule has 142 valence electrons. The monoisotopic (exact) mass is 375 g/mol. The van der Waals surface area contributed by atoms with E-state index in [0.29, 0.717) is 13.1 Å². The third-order valence-electron chi connectivity index (χ3n) is 5.26. The molecule has 0 radical (unpaired) electrons. The van der Waals surface area contributed by atoms with Gasteiger partial charge in [0.15, 0.2) is 0 Å². The van der Waals surface area contributed by atoms with Crippen molar-refractivity contribution >= 4 is 22.4 Å². The van der Waals surface area contributed by atoms with Crippen LogP contribution in [0.1, 0.15) is 15.9 Å². The second kappa shape index (κ2) is 7.78. The molecule has 1 fully saturated rings. The summed E-state index contributed by atoms with van der Waals surface area (Å²) < 4.78 is 0. The number of nitro benzene ring substituents is 1. The Morgan fingerprint density at radius 1 is 0.893 bits per heavy atom. The Morgan fingerprint density at radius 3 is 2.36 bits per heavy atom. The number of nitrogens with zero attached hydrogens (tertiary/aromatic N) is 3. The Morgan fingerprint density at radius 2 is 1.57 bits per heavy atom. The molecule has 1 aliphatic rings. The quantitative estimate of drug-likeness (QED) is 0.515. The van der Waals surface area contributed by atoms with Gasteiger partial charge in [0.25, 0.3) is 11.6 Å². The first-order valence-electron chi connectivity index (χ1n) is 9.35. The highest BCUT2D eigenvalue weighted by Gasteiger charge is 2.27. The number of hydrogen-bond acceptors (Lipinski definition) is 4. The lowest BCUT2D eigenvalue weighted by atomic mass is 10.0. The van der Waals surface area contributed by atoms with Crippen molar-refractivity contribution < 1.29 is 9.72 Å². The maximum Gasteiger partial charge on any atom is 0.282 e. The average Bonchev–Trinajstić information content (AvgIpc) is 2.74. The van der Waals surface area contributed by atoms with E-state index in [0.717, 1.165) is 19.6 Å². The largest absolute Gasteiger partial charge is 0.336 e. The predicted octanol–water partition coefficient (Wildman–Crippen LogP) is 3.71. The van der Waals surface area contributed by atoms with Crippen molar-refractivity contribution in [2.45, 2.75) is 6.54 Å². The third kappa shape index (κ3) is 3.59. The van der Waals surface area contributed by atoms with E-state index in [2.05, 4.69) is 41.3 Å². The minimum Gasteiger partial charge on any atom is -0.336 e. The Balaban J connectivity index is 1.44. The second-order valence-electron chi connectivity index (χ2n) is 6.98. The fourth-order valence-electron chi connectivity index (χ4n) is 3.76. The van der Waals surface area contributed by atoms with Gasteiger partial charge in [-0.3, -0.25) is 19.8 Å². The topological polar surface area (TPSA) is 66.7 Å². The van der Waals surface area contributed by atoms with Gasteiger partial charge in [0, 0.05) is 38.8 Å². The third-order valence-corrected chi connectivity index (χ3v) is 5.26. The number of piperazine rings is 1. The number of amides is 1. The van der Waals surface area contributed by atoms with Gasteiger partial charge < -0.3 is 4.90 Å². The zero-order valence-electron chi connectivity index (χ0n) is 15.5. The molecule has 6 heteroatoms. The van der Waals surface area contributed by atoms with Crippen LogP contribution in [0.15, 0.2) is 66.7 Å². The van der Waals surface area contributed by atoms with Crippen LogP contribution in [0.3, 0.4) is 0 Å². The van der Waals surface area contributed by atoms with Crippen molar-refractivity contribution in [2.24, 2.45) is 0 Å². The number of para-hydroxylation sites is 1. The molecule has 0 atom stereocenters. The van der Waals surface area contributed by atoms with Gasteiger partial charge >= 0.3 is 0 Å². The Labute approximate surface area is 163 Å². The van der Waals surface area contributed by atoms with Gasteiger partial charge in [-0.05, 0) is 22.4 Å². The van der Waals surface area contributed by atoms with Gasteiger partial charge in [-0.2, -0.15) is 0 Å². The van der Waals surface area contributed by atoms with E-state index >= 15 is 0 Å². The molecular formula is C22H21N3O3. The number of hydrogen-bond donors (Lipinski definition) is 0. The highest BCUT2D eigenvalue weighted by molar-refractivity contribution is 5.98. The van der Waals surface area contributed by atoms with Crippen LogP contribution in [0, 0.1) is 10.1 Å². The molecule has 1 amide bonds. The number of nitro groups is 1. The molecule has 1 heterocycles. The minimum atomic E-state index is -0.496. The van der Waals surface area contributed by atoms with E-state index in [9.17, 15) is 14.9 Å². The maximum atomic E-state index is 12.8. The van der Waals surface area contributed by atoms with E-state index in [-0.39, 0.29) is 17.2 Å². The number of fused-ring (bicyclic) bond motifs is 1. The Hall–Kier alpha value is -3.25. The van der Waals surface area contributed by atoms with Crippen LogP contribution in [0.4, 0.5) is 5.69 Å². The van der Waals surface area contributed by atoms with Crippen molar-refractivity contribution in [1.82, 2.24) is 9.80 Å². The lowest BCUT2D eigenvalue weighted by Crippen LogP contribution is -2.48. The molecule has 0 aromatic heterocycles. The molecule has 6 nitrogen and oxygen atoms in total. The normalized spacial score (nSPS) is 14.9. The molecule has 0 N–H and O–H groups in total. The van der Waals surface area contributed by atoms with Gasteiger partial charge in [-0.25, -0.2) is 0 Å². The molecule has 4 rings (SSSR count). The van der Waals surface area contributed by atoms with Crippen molar-refractivity contribution in [1.29, 1.82) is 0 Å². The zero-order valence-corrected chi connectivity index (χ0v) is 15.5. The van der Waals surface area contributed by atoms with Crippen LogP contribution in [0.2, 0.25) is 0 Å². The van der Waals surface area contributed by atoms with Crippen LogP contribution < -0.4 is 0 Å². The van der Waals surface area contributed by atoms with E-state index in [1.165, 1.54) is 28.5 Å². The lowest BCUT2D eigenvalue weighted by Gasteiger charge is -2.35. The van der Waals surface area contributed by atoms with E-state index in [4.69, 9.17) is 0 Å². The number of carbonyl (C=O) groups excluding carboxylic acids is 1. The summed E-state index contributed by atoms with van der Waals surface area (Å²) in [6.45, 7) is 3.45. The fourth-order valence-corrected chi connectivity index (χ4v) is 3.76. The summed E-state index contributed by atoms with van der Waals surface area (Å²) in [5.74, 6) is -0.267. The summed E-state index contributed by atoms with van der Waals surface area (Å²) in [5.41, 5.74) is 1.30. The summed E-state index contributed by atoms with van der Waals surface area (Å²) in [6.07, 6.45) is 0. The minimum absolute atomic E-state index is 0.134. The first kappa shape index (κ1) is 18.1. The second-order valence-corrected chi connectivity index (χ2v) is 6.98. The lowest BCUT2D eigenvalue weighted by molar-refractivity contribution is -0.385. The van der Waals surface area contributed by atoms with Gasteiger partial charge in [0.05, 0.1) is 4.92 Å². The Bertz CT molecular complexity index is 1020. The standard InChI is InChI=1S/C22H21N3O3/c26-22(20-10-3-4-11-21(20)25(27)28)24-14-12-23(13-15-24)16-18-8-5-7-17-6-1-2-9-19(17)18/h1-11H,12-16H2. The van der Waals surface area contributed by atoms with Crippen LogP contribution in [-0.2, 0) is 6.54 Å². The number of carbonyl (C=O) groups is 1. The average molecular weight is 375 g/mol. The smallest absolute Gasteiger partial charge is 0.282 e. The molecule has 3 aromatic rings. The van der Waals surface area contributed by atoms with Gasteiger partial charge in [0.1, 0.15) is 5.56 Å². The number of benzene rings is 3. The summed E-state index contributed by atoms with van der Waals surface area (Å²) in [5, 5.41) is 13.7. The first-order valence-corrected chi connectivity index (χ1v) is 9.35. The van der Waals surface area contributed by atoms with Crippen molar-refractivity contribution in [3.63, 3.8) is 0 Å². The maximum absolute atomic E-state index is 12.8. The zero-order chi connectivity index (χ0) is 19.5. The van der Waals surface area contributed by atoms with Crippen LogP contribution in [0.5, 0.6) is 0 Å². The first-order chi connectivity index (χ1) is 13.6. The molecule has 3 aromatic carbocycles. The van der Waals surface area contributed by atoms with Crippen LogP contribution in [-0.4, -0.2) is 46.8 Å². The molecule has 1 saturated heterocycles. The highest BCUT2D eigenvalue weighted by atomic mass is 16.6. The Kier molecular flexibility index (Phi) is 5.04. The summed E-state index contributed by atoms with van der Waals surface area (Å²) in [4.78, 5) is 27.5. The van der Waals surface area contributed by atoms with E-state index < -0.39 is 4.92 Å². The van der Waals surface area contributed by atoms with Crippen molar-refractivity contribution in [2.75, 3.05) is 26.2 Å². The summed E-state index contributed by atoms with van der Waals surface area (Å²) in [7, 11) is 0. The van der Waals surface area contributed by atoms with E-state index in [1.807, 2.05) is 6.07 Å². The SMILES string of the molecule is O=C(c1ccccc1[N+](=O)[O-])N1CCN(Cc2cccc3ccccc23)CC1. The molecular weight excluding hydrogens is 354 g/mol. The highest BCUT2D eigenvalue weighted by Crippen LogP contribution is 2.22. The van der Waals surface area contributed by atoms with Crippen LogP contribution in [0.25, 0.3) is 10.8 Å². The molecule has 0 unspecified atom stereocenters. The van der Waals surface area contributed by atoms with Crippen molar-refractivity contribution in [3.8, 4) is 0 Å². The molecule has 0 aliphatic carbocycles. The molecule has 0 spiro atoms. The van der Waals surface area contributed by atoms with Gasteiger partial charge in [0.2, 0.25) is 0 Å². The number of rotatable bonds is 4. The molecule has 0 bridgehead atoms.